The molecule has 0 N–H and O–H groups in total. The molecular formula is C23H15BrN2O3. The van der Waals surface area contributed by atoms with Crippen molar-refractivity contribution in [1.29, 1.82) is 0 Å². The molecule has 0 saturated carbocycles. The third-order valence-corrected chi connectivity index (χ3v) is 4.91. The second-order valence-electron chi connectivity index (χ2n) is 6.68. The highest BCUT2D eigenvalue weighted by atomic mass is 79.9. The van der Waals surface area contributed by atoms with Crippen molar-refractivity contribution in [2.75, 3.05) is 0 Å². The minimum atomic E-state index is -0.306. The predicted molar refractivity (Wildman–Crippen MR) is 101 cm³/mol. The molecule has 5 nitrogen and oxygen atoms in total. The van der Waals surface area contributed by atoms with Crippen LogP contribution in [0.15, 0.2) is 83.6 Å². The highest BCUT2D eigenvalue weighted by Gasteiger charge is 2.36. The third-order valence-electron chi connectivity index (χ3n) is 4.91. The molecule has 0 saturated heterocycles. The Hall–Kier alpha value is -3.38. The van der Waals surface area contributed by atoms with E-state index in [0.29, 0.717) is 16.8 Å². The van der Waals surface area contributed by atoms with Gasteiger partial charge in [0.2, 0.25) is 11.5 Å². The van der Waals surface area contributed by atoms with Gasteiger partial charge in [-0.1, -0.05) is 59.8 Å². The molecular weight excluding hydrogens is 432 g/mol. The number of fused-ring (bicyclic) bond motifs is 2. The van der Waals surface area contributed by atoms with Crippen LogP contribution in [0.25, 0.3) is 11.3 Å². The molecule has 0 spiro atoms. The zero-order chi connectivity index (χ0) is 19.1. The number of benzene rings is 2. The van der Waals surface area contributed by atoms with E-state index < -0.39 is 0 Å². The van der Waals surface area contributed by atoms with E-state index in [9.17, 15) is 9.59 Å². The Morgan fingerprint density at radius 1 is 0.793 bits per heavy atom. The summed E-state index contributed by atoms with van der Waals surface area (Å²) in [6, 6.07) is 20.7. The first-order valence-corrected chi connectivity index (χ1v) is 8.94. The number of hydrogen-bond donors (Lipinski definition) is 0. The van der Waals surface area contributed by atoms with Crippen LogP contribution in [0.5, 0.6) is 0 Å². The summed E-state index contributed by atoms with van der Waals surface area (Å²) in [4.78, 5) is 25.6. The molecule has 5 rings (SSSR count). The summed E-state index contributed by atoms with van der Waals surface area (Å²) >= 11 is 0. The lowest BCUT2D eigenvalue weighted by Gasteiger charge is -2.12. The zero-order valence-corrected chi connectivity index (χ0v) is 16.8. The summed E-state index contributed by atoms with van der Waals surface area (Å²) in [6.45, 7) is 0.739. The van der Waals surface area contributed by atoms with Crippen molar-refractivity contribution in [1.82, 2.24) is 5.16 Å². The fourth-order valence-electron chi connectivity index (χ4n) is 3.50. The average molecular weight is 447 g/mol. The monoisotopic (exact) mass is 446 g/mol. The van der Waals surface area contributed by atoms with Gasteiger partial charge in [0.05, 0.1) is 0 Å². The topological polar surface area (TPSA) is 64.1 Å². The first kappa shape index (κ1) is 19.0. The molecule has 142 valence electrons. The Morgan fingerprint density at radius 2 is 1.41 bits per heavy atom. The minimum absolute atomic E-state index is 0. The lowest BCUT2D eigenvalue weighted by Crippen LogP contribution is -3.00. The number of aromatic nitrogens is 2. The Labute approximate surface area is 177 Å². The molecule has 0 unspecified atom stereocenters. The van der Waals surface area contributed by atoms with Gasteiger partial charge in [-0.15, -0.1) is 0 Å². The van der Waals surface area contributed by atoms with Gasteiger partial charge in [-0.25, -0.2) is 4.57 Å². The maximum Gasteiger partial charge on any atom is 0.232 e. The molecule has 29 heavy (non-hydrogen) atoms. The van der Waals surface area contributed by atoms with E-state index in [-0.39, 0.29) is 39.9 Å². The van der Waals surface area contributed by atoms with Crippen molar-refractivity contribution in [3.8, 4) is 11.3 Å². The molecule has 0 fully saturated rings. The van der Waals surface area contributed by atoms with Gasteiger partial charge in [0, 0.05) is 34.4 Å². The normalized spacial score (nSPS) is 12.1. The Balaban J connectivity index is 0.00000205. The van der Waals surface area contributed by atoms with Crippen LogP contribution in [0.2, 0.25) is 0 Å². The molecule has 1 aliphatic carbocycles. The standard InChI is InChI=1S/C23H15N2O3.BrH/c26-21-17-8-4-5-9-18(17)22(27)23-19(21)20(24-28-23)16-10-12-25(13-11-16)14-15-6-2-1-3-7-15;/h1-13H,14H2;1H/q+1;/p-1. The smallest absolute Gasteiger partial charge is 0.232 e. The first-order chi connectivity index (χ1) is 13.7. The molecule has 2 aromatic heterocycles. The van der Waals surface area contributed by atoms with Gasteiger partial charge in [0.1, 0.15) is 11.3 Å². The molecule has 0 amide bonds. The maximum atomic E-state index is 13.0. The van der Waals surface area contributed by atoms with Crippen molar-refractivity contribution in [2.24, 2.45) is 0 Å². The maximum absolute atomic E-state index is 13.0. The fourth-order valence-corrected chi connectivity index (χ4v) is 3.50. The van der Waals surface area contributed by atoms with Crippen LogP contribution in [0.1, 0.15) is 37.6 Å². The fraction of sp³-hybridized carbons (Fsp3) is 0.0435. The summed E-state index contributed by atoms with van der Waals surface area (Å²) in [5.41, 5.74) is 3.31. The Bertz CT molecular complexity index is 1210. The number of carbonyl (C=O) groups is 2. The molecule has 6 heteroatoms. The number of hydrogen-bond acceptors (Lipinski definition) is 4. The van der Waals surface area contributed by atoms with E-state index in [1.54, 1.807) is 24.3 Å². The van der Waals surface area contributed by atoms with Crippen LogP contribution in [0, 0.1) is 0 Å². The number of pyridine rings is 1. The van der Waals surface area contributed by atoms with Crippen LogP contribution >= 0.6 is 0 Å². The Morgan fingerprint density at radius 3 is 2.10 bits per heavy atom. The second-order valence-corrected chi connectivity index (χ2v) is 6.68. The van der Waals surface area contributed by atoms with Crippen LogP contribution in [-0.4, -0.2) is 16.7 Å². The molecule has 4 aromatic rings. The quantitative estimate of drug-likeness (QED) is 0.377. The summed E-state index contributed by atoms with van der Waals surface area (Å²) in [6.07, 6.45) is 3.85. The number of nitrogens with zero attached hydrogens (tertiary/aromatic N) is 2. The van der Waals surface area contributed by atoms with E-state index in [0.717, 1.165) is 12.1 Å². The molecule has 0 bridgehead atoms. The number of carbonyl (C=O) groups excluding carboxylic acids is 2. The third kappa shape index (κ3) is 3.21. The van der Waals surface area contributed by atoms with E-state index >= 15 is 0 Å². The van der Waals surface area contributed by atoms with Crippen molar-refractivity contribution in [2.45, 2.75) is 6.54 Å². The van der Waals surface area contributed by atoms with E-state index in [2.05, 4.69) is 17.3 Å². The van der Waals surface area contributed by atoms with Gasteiger partial charge in [-0.3, -0.25) is 9.59 Å². The summed E-state index contributed by atoms with van der Waals surface area (Å²) in [7, 11) is 0. The average Bonchev–Trinajstić information content (AvgIpc) is 3.19. The van der Waals surface area contributed by atoms with Crippen LogP contribution < -0.4 is 21.5 Å². The lowest BCUT2D eigenvalue weighted by atomic mass is 9.86. The summed E-state index contributed by atoms with van der Waals surface area (Å²) in [5, 5.41) is 4.04. The molecule has 0 radical (unpaired) electrons. The minimum Gasteiger partial charge on any atom is -1.00 e. The zero-order valence-electron chi connectivity index (χ0n) is 15.2. The van der Waals surface area contributed by atoms with Crippen molar-refractivity contribution < 1.29 is 35.7 Å². The van der Waals surface area contributed by atoms with Gasteiger partial charge in [0.25, 0.3) is 0 Å². The van der Waals surface area contributed by atoms with Gasteiger partial charge in [0.15, 0.2) is 24.7 Å². The highest BCUT2D eigenvalue weighted by Crippen LogP contribution is 2.33. The second kappa shape index (κ2) is 7.56. The van der Waals surface area contributed by atoms with Crippen LogP contribution in [-0.2, 0) is 6.54 Å². The predicted octanol–water partition coefficient (Wildman–Crippen LogP) is 0.457. The van der Waals surface area contributed by atoms with Gasteiger partial charge in [-0.2, -0.15) is 0 Å². The number of halogens is 1. The summed E-state index contributed by atoms with van der Waals surface area (Å²) in [5.74, 6) is -0.527. The van der Waals surface area contributed by atoms with Crippen LogP contribution in [0.3, 0.4) is 0 Å². The van der Waals surface area contributed by atoms with E-state index in [1.807, 2.05) is 47.3 Å². The molecule has 2 aromatic carbocycles. The van der Waals surface area contributed by atoms with Gasteiger partial charge in [-0.05, 0) is 0 Å². The van der Waals surface area contributed by atoms with Crippen LogP contribution in [0.4, 0.5) is 0 Å². The van der Waals surface area contributed by atoms with E-state index in [4.69, 9.17) is 4.52 Å². The molecule has 0 atom stereocenters. The van der Waals surface area contributed by atoms with Crippen molar-refractivity contribution >= 4 is 11.6 Å². The van der Waals surface area contributed by atoms with Crippen molar-refractivity contribution in [3.05, 3.63) is 107 Å². The molecule has 0 aliphatic heterocycles. The number of ketones is 2. The van der Waals surface area contributed by atoms with E-state index in [1.165, 1.54) is 5.56 Å². The number of rotatable bonds is 3. The summed E-state index contributed by atoms with van der Waals surface area (Å²) < 4.78 is 7.32. The highest BCUT2D eigenvalue weighted by molar-refractivity contribution is 6.29. The lowest BCUT2D eigenvalue weighted by molar-refractivity contribution is -0.688. The Kier molecular flexibility index (Phi) is 4.94. The van der Waals surface area contributed by atoms with Gasteiger partial charge < -0.3 is 21.5 Å². The first-order valence-electron chi connectivity index (χ1n) is 8.94. The van der Waals surface area contributed by atoms with Crippen molar-refractivity contribution in [3.63, 3.8) is 0 Å². The molecule has 2 heterocycles. The molecule has 1 aliphatic rings. The SMILES string of the molecule is O=C1c2ccccc2C(=O)c2c(-c3cc[n+](Cc4ccccc4)cc3)noc21.[Br-]. The largest absolute Gasteiger partial charge is 1.00 e. The van der Waals surface area contributed by atoms with Gasteiger partial charge >= 0.3 is 0 Å².